The lowest BCUT2D eigenvalue weighted by atomic mass is 10.2. The summed E-state index contributed by atoms with van der Waals surface area (Å²) in [4.78, 5) is -0.361. The third-order valence-corrected chi connectivity index (χ3v) is 5.66. The van der Waals surface area contributed by atoms with Crippen molar-refractivity contribution < 1.29 is 12.8 Å². The van der Waals surface area contributed by atoms with E-state index >= 15 is 0 Å². The molecule has 0 amide bonds. The third kappa shape index (κ3) is 2.63. The van der Waals surface area contributed by atoms with Crippen LogP contribution in [0.5, 0.6) is 0 Å². The highest BCUT2D eigenvalue weighted by Gasteiger charge is 2.37. The Balaban J connectivity index is 2.50. The first kappa shape index (κ1) is 14.7. The highest BCUT2D eigenvalue weighted by Crippen LogP contribution is 2.27. The molecule has 1 aromatic carbocycles. The van der Waals surface area contributed by atoms with Gasteiger partial charge in [-0.2, -0.15) is 4.31 Å². The fourth-order valence-corrected chi connectivity index (χ4v) is 4.53. The van der Waals surface area contributed by atoms with Gasteiger partial charge in [-0.15, -0.1) is 0 Å². The number of rotatable bonds is 2. The zero-order valence-corrected chi connectivity index (χ0v) is 12.3. The van der Waals surface area contributed by atoms with Crippen molar-refractivity contribution in [3.8, 4) is 0 Å². The second-order valence-corrected chi connectivity index (χ2v) is 6.96. The molecule has 106 valence electrons. The summed E-state index contributed by atoms with van der Waals surface area (Å²) >= 11 is 5.66. The van der Waals surface area contributed by atoms with E-state index in [1.807, 2.05) is 0 Å². The lowest BCUT2D eigenvalue weighted by Crippen LogP contribution is -2.57. The largest absolute Gasteiger partial charge is 0.314 e. The molecule has 7 heteroatoms. The van der Waals surface area contributed by atoms with Crippen LogP contribution in [0.2, 0.25) is 5.02 Å². The molecule has 1 fully saturated rings. The first-order valence-corrected chi connectivity index (χ1v) is 7.85. The number of nitrogens with zero attached hydrogens (tertiary/aromatic N) is 1. The summed E-state index contributed by atoms with van der Waals surface area (Å²) in [7, 11) is -3.88. The van der Waals surface area contributed by atoms with Gasteiger partial charge in [0.1, 0.15) is 4.90 Å². The van der Waals surface area contributed by atoms with E-state index in [0.29, 0.717) is 13.1 Å². The maximum atomic E-state index is 14.0. The van der Waals surface area contributed by atoms with E-state index in [4.69, 9.17) is 11.6 Å². The van der Waals surface area contributed by atoms with Crippen molar-refractivity contribution in [2.75, 3.05) is 13.1 Å². The van der Waals surface area contributed by atoms with Gasteiger partial charge in [-0.05, 0) is 26.0 Å². The fraction of sp³-hybridized carbons (Fsp3) is 0.500. The highest BCUT2D eigenvalue weighted by molar-refractivity contribution is 7.89. The molecule has 1 saturated heterocycles. The third-order valence-electron chi connectivity index (χ3n) is 3.22. The van der Waals surface area contributed by atoms with Crippen molar-refractivity contribution in [3.05, 3.63) is 29.0 Å². The summed E-state index contributed by atoms with van der Waals surface area (Å²) in [5.74, 6) is -0.887. The Hall–Kier alpha value is -0.690. The SMILES string of the molecule is CC1CNCC(C)N1S(=O)(=O)c1cccc(Cl)c1F. The second kappa shape index (κ2) is 5.36. The molecule has 1 N–H and O–H groups in total. The van der Waals surface area contributed by atoms with Crippen molar-refractivity contribution in [1.29, 1.82) is 0 Å². The summed E-state index contributed by atoms with van der Waals surface area (Å²) in [5, 5.41) is 2.95. The normalized spacial score (nSPS) is 25.5. The Morgan fingerprint density at radius 1 is 1.32 bits per heavy atom. The molecule has 19 heavy (non-hydrogen) atoms. The predicted molar refractivity (Wildman–Crippen MR) is 72.2 cm³/mol. The minimum atomic E-state index is -3.88. The molecule has 4 nitrogen and oxygen atoms in total. The quantitative estimate of drug-likeness (QED) is 0.907. The van der Waals surface area contributed by atoms with Crippen LogP contribution in [0.4, 0.5) is 4.39 Å². The van der Waals surface area contributed by atoms with Crippen molar-refractivity contribution in [2.24, 2.45) is 0 Å². The average Bonchev–Trinajstić information content (AvgIpc) is 2.32. The molecule has 1 aliphatic heterocycles. The molecule has 2 atom stereocenters. The van der Waals surface area contributed by atoms with Crippen molar-refractivity contribution in [3.63, 3.8) is 0 Å². The summed E-state index contributed by atoms with van der Waals surface area (Å²) in [6.07, 6.45) is 0. The predicted octanol–water partition coefficient (Wildman–Crippen LogP) is 1.85. The monoisotopic (exact) mass is 306 g/mol. The van der Waals surface area contributed by atoms with Gasteiger partial charge >= 0.3 is 0 Å². The molecule has 1 heterocycles. The van der Waals surface area contributed by atoms with Crippen LogP contribution < -0.4 is 5.32 Å². The van der Waals surface area contributed by atoms with E-state index in [-0.39, 0.29) is 22.0 Å². The Bertz CT molecular complexity index is 569. The molecule has 1 aliphatic rings. The van der Waals surface area contributed by atoms with E-state index < -0.39 is 15.8 Å². The van der Waals surface area contributed by atoms with E-state index in [1.165, 1.54) is 22.5 Å². The zero-order valence-electron chi connectivity index (χ0n) is 10.7. The molecule has 0 aliphatic carbocycles. The van der Waals surface area contributed by atoms with Gasteiger partial charge in [0.25, 0.3) is 0 Å². The van der Waals surface area contributed by atoms with E-state index in [1.54, 1.807) is 13.8 Å². The Labute approximate surface area is 117 Å². The molecule has 0 bridgehead atoms. The summed E-state index contributed by atoms with van der Waals surface area (Å²) < 4.78 is 40.5. The van der Waals surface area contributed by atoms with Gasteiger partial charge in [0.15, 0.2) is 5.82 Å². The summed E-state index contributed by atoms with van der Waals surface area (Å²) in [6.45, 7) is 4.68. The van der Waals surface area contributed by atoms with Gasteiger partial charge < -0.3 is 5.32 Å². The maximum Gasteiger partial charge on any atom is 0.246 e. The standard InChI is InChI=1S/C12H16ClFN2O2S/c1-8-6-15-7-9(2)16(8)19(17,18)11-5-3-4-10(13)12(11)14/h3-5,8-9,15H,6-7H2,1-2H3. The van der Waals surface area contributed by atoms with Crippen molar-refractivity contribution in [2.45, 2.75) is 30.8 Å². The van der Waals surface area contributed by atoms with Crippen LogP contribution in [-0.4, -0.2) is 37.9 Å². The Morgan fingerprint density at radius 2 is 1.89 bits per heavy atom. The van der Waals surface area contributed by atoms with Gasteiger partial charge in [0.05, 0.1) is 5.02 Å². The second-order valence-electron chi connectivity index (χ2n) is 4.74. The maximum absolute atomic E-state index is 14.0. The summed E-state index contributed by atoms with van der Waals surface area (Å²) in [5.41, 5.74) is 0. The van der Waals surface area contributed by atoms with E-state index in [0.717, 1.165) is 0 Å². The molecule has 0 spiro atoms. The van der Waals surface area contributed by atoms with Crippen LogP contribution in [0.25, 0.3) is 0 Å². The number of hydrogen-bond donors (Lipinski definition) is 1. The molecular weight excluding hydrogens is 291 g/mol. The number of nitrogens with one attached hydrogen (secondary N) is 1. The van der Waals surface area contributed by atoms with Crippen LogP contribution in [-0.2, 0) is 10.0 Å². The molecule has 2 rings (SSSR count). The lowest BCUT2D eigenvalue weighted by Gasteiger charge is -2.38. The van der Waals surface area contributed by atoms with E-state index in [9.17, 15) is 12.8 Å². The topological polar surface area (TPSA) is 49.4 Å². The number of piperazine rings is 1. The molecule has 2 unspecified atom stereocenters. The minimum absolute atomic E-state index is 0.184. The van der Waals surface area contributed by atoms with Gasteiger partial charge in [0, 0.05) is 25.2 Å². The number of sulfonamides is 1. The van der Waals surface area contributed by atoms with Crippen molar-refractivity contribution in [1.82, 2.24) is 9.62 Å². The summed E-state index contributed by atoms with van der Waals surface area (Å²) in [6, 6.07) is 3.56. The highest BCUT2D eigenvalue weighted by atomic mass is 35.5. The number of hydrogen-bond acceptors (Lipinski definition) is 3. The van der Waals surface area contributed by atoms with Crippen molar-refractivity contribution >= 4 is 21.6 Å². The Kier molecular flexibility index (Phi) is 4.15. The molecule has 1 aromatic rings. The van der Waals surface area contributed by atoms with Gasteiger partial charge in [-0.1, -0.05) is 17.7 Å². The molecule has 0 saturated carbocycles. The number of benzene rings is 1. The minimum Gasteiger partial charge on any atom is -0.314 e. The van der Waals surface area contributed by atoms with Gasteiger partial charge in [0.2, 0.25) is 10.0 Å². The van der Waals surface area contributed by atoms with Crippen LogP contribution in [0.3, 0.4) is 0 Å². The van der Waals surface area contributed by atoms with Gasteiger partial charge in [-0.3, -0.25) is 0 Å². The molecule has 0 radical (unpaired) electrons. The number of halogens is 2. The zero-order chi connectivity index (χ0) is 14.2. The first-order valence-electron chi connectivity index (χ1n) is 6.04. The molecule has 0 aromatic heterocycles. The first-order chi connectivity index (χ1) is 8.85. The average molecular weight is 307 g/mol. The van der Waals surface area contributed by atoms with Crippen LogP contribution in [0.1, 0.15) is 13.8 Å². The Morgan fingerprint density at radius 3 is 2.47 bits per heavy atom. The van der Waals surface area contributed by atoms with Crippen LogP contribution in [0.15, 0.2) is 23.1 Å². The van der Waals surface area contributed by atoms with Gasteiger partial charge in [-0.25, -0.2) is 12.8 Å². The van der Waals surface area contributed by atoms with Crippen LogP contribution >= 0.6 is 11.6 Å². The lowest BCUT2D eigenvalue weighted by molar-refractivity contribution is 0.219. The van der Waals surface area contributed by atoms with E-state index in [2.05, 4.69) is 5.32 Å². The molecular formula is C12H16ClFN2O2S. The smallest absolute Gasteiger partial charge is 0.246 e. The fourth-order valence-electron chi connectivity index (χ4n) is 2.39. The van der Waals surface area contributed by atoms with Crippen LogP contribution in [0, 0.1) is 5.82 Å².